The topological polar surface area (TPSA) is 148 Å². The minimum absolute atomic E-state index is 0.0782. The summed E-state index contributed by atoms with van der Waals surface area (Å²) in [5, 5.41) is 19.7. The van der Waals surface area contributed by atoms with Crippen molar-refractivity contribution in [3.8, 4) is 17.2 Å². The minimum Gasteiger partial charge on any atom is -0.490 e. The van der Waals surface area contributed by atoms with Crippen LogP contribution in [-0.4, -0.2) is 90.4 Å². The van der Waals surface area contributed by atoms with Gasteiger partial charge < -0.3 is 44.1 Å². The number of fused-ring (bicyclic) bond motifs is 2. The highest BCUT2D eigenvalue weighted by molar-refractivity contribution is 6.03. The molecule has 13 heteroatoms. The summed E-state index contributed by atoms with van der Waals surface area (Å²) in [4.78, 5) is 31.2. The number of amides is 3. The highest BCUT2D eigenvalue weighted by atomic mass is 16.7. The van der Waals surface area contributed by atoms with Crippen molar-refractivity contribution in [3.05, 3.63) is 59.0 Å². The number of nitrogens with zero attached hydrogens (tertiary/aromatic N) is 3. The van der Waals surface area contributed by atoms with Crippen LogP contribution in [0.4, 0.5) is 16.2 Å². The summed E-state index contributed by atoms with van der Waals surface area (Å²) in [5.74, 6) is 2.02. The van der Waals surface area contributed by atoms with Gasteiger partial charge in [0.05, 0.1) is 30.4 Å². The number of carbonyl (C=O) groups is 2. The molecule has 266 valence electrons. The summed E-state index contributed by atoms with van der Waals surface area (Å²) in [6, 6.07) is 10.0. The Morgan fingerprint density at radius 3 is 2.61 bits per heavy atom. The molecule has 3 aromatic rings. The molecule has 0 saturated carbocycles. The van der Waals surface area contributed by atoms with Crippen molar-refractivity contribution in [1.29, 1.82) is 0 Å². The smallest absolute Gasteiger partial charge is 0.323 e. The third-order valence-corrected chi connectivity index (χ3v) is 8.96. The van der Waals surface area contributed by atoms with E-state index in [9.17, 15) is 14.7 Å². The van der Waals surface area contributed by atoms with Crippen molar-refractivity contribution in [2.75, 3.05) is 50.8 Å². The molecule has 0 fully saturated rings. The molecule has 49 heavy (non-hydrogen) atoms. The van der Waals surface area contributed by atoms with E-state index in [0.29, 0.717) is 60.4 Å². The van der Waals surface area contributed by atoms with Crippen molar-refractivity contribution in [2.45, 2.75) is 78.7 Å². The van der Waals surface area contributed by atoms with Crippen molar-refractivity contribution < 1.29 is 38.2 Å². The molecular weight excluding hydrogens is 630 g/mol. The summed E-state index contributed by atoms with van der Waals surface area (Å²) >= 11 is 0. The predicted octanol–water partition coefficient (Wildman–Crippen LogP) is 5.59. The van der Waals surface area contributed by atoms with Gasteiger partial charge in [-0.15, -0.1) is 0 Å². The first-order valence-corrected chi connectivity index (χ1v) is 16.9. The number of ether oxygens (including phenoxy) is 4. The zero-order valence-electron chi connectivity index (χ0n) is 29.3. The van der Waals surface area contributed by atoms with Gasteiger partial charge in [-0.05, 0) is 89.9 Å². The lowest BCUT2D eigenvalue weighted by Gasteiger charge is -2.36. The number of aliphatic hydroxyl groups excluding tert-OH is 1. The van der Waals surface area contributed by atoms with Crippen LogP contribution in [0.5, 0.6) is 17.2 Å². The van der Waals surface area contributed by atoms with Crippen molar-refractivity contribution in [3.63, 3.8) is 0 Å². The molecule has 3 amide bonds. The number of benzene rings is 2. The lowest BCUT2D eigenvalue weighted by atomic mass is 10.0. The van der Waals surface area contributed by atoms with E-state index in [0.717, 1.165) is 36.3 Å². The Morgan fingerprint density at radius 2 is 1.86 bits per heavy atom. The van der Waals surface area contributed by atoms with E-state index in [1.165, 1.54) is 0 Å². The van der Waals surface area contributed by atoms with Crippen LogP contribution in [0.25, 0.3) is 0 Å². The lowest BCUT2D eigenvalue weighted by Crippen LogP contribution is -2.47. The molecule has 13 nitrogen and oxygen atoms in total. The number of aryl methyl sites for hydroxylation is 2. The number of hydrogen-bond donors (Lipinski definition) is 3. The Kier molecular flexibility index (Phi) is 12.0. The number of rotatable bonds is 8. The Morgan fingerprint density at radius 1 is 1.08 bits per heavy atom. The van der Waals surface area contributed by atoms with Gasteiger partial charge in [0.1, 0.15) is 17.1 Å². The first-order chi connectivity index (χ1) is 23.5. The second kappa shape index (κ2) is 16.4. The van der Waals surface area contributed by atoms with Crippen molar-refractivity contribution in [1.82, 2.24) is 15.0 Å². The SMILES string of the molecule is Cc1noc(C)c1NC(=O)Nc1ccc2c(c1)C(=O)N([C@@H](C)CO)C[C@H](C)[C@H](CN(C)Cc1ccc3c(c1)OCO3)OCCCC[C@@H](C)O2. The minimum atomic E-state index is -0.504. The normalized spacial score (nSPS) is 20.7. The molecule has 3 heterocycles. The van der Waals surface area contributed by atoms with Gasteiger partial charge in [-0.25, -0.2) is 4.79 Å². The van der Waals surface area contributed by atoms with Crippen LogP contribution in [0.15, 0.2) is 40.9 Å². The van der Waals surface area contributed by atoms with Crippen LogP contribution in [-0.2, 0) is 11.3 Å². The Bertz CT molecular complexity index is 1580. The van der Waals surface area contributed by atoms with Gasteiger partial charge in [-0.2, -0.15) is 0 Å². The molecule has 0 radical (unpaired) electrons. The van der Waals surface area contributed by atoms with E-state index in [1.54, 1.807) is 36.9 Å². The Hall–Kier alpha value is -4.33. The van der Waals surface area contributed by atoms with E-state index < -0.39 is 12.1 Å². The third-order valence-electron chi connectivity index (χ3n) is 8.96. The maximum Gasteiger partial charge on any atom is 0.323 e. The monoisotopic (exact) mass is 679 g/mol. The zero-order chi connectivity index (χ0) is 35.1. The van der Waals surface area contributed by atoms with E-state index in [2.05, 4.69) is 34.7 Å². The second-order valence-corrected chi connectivity index (χ2v) is 13.2. The average molecular weight is 680 g/mol. The van der Waals surface area contributed by atoms with Gasteiger partial charge in [0.2, 0.25) is 6.79 Å². The molecule has 2 aliphatic rings. The number of anilines is 2. The van der Waals surface area contributed by atoms with Gasteiger partial charge in [0, 0.05) is 37.8 Å². The summed E-state index contributed by atoms with van der Waals surface area (Å²) in [5.41, 5.74) is 2.84. The number of likely N-dealkylation sites (N-methyl/N-ethyl adjacent to an activating group) is 1. The standard InChI is InChI=1S/C36H49N5O8/c1-22-17-41(23(2)20-42)35(43)29-16-28(37-36(44)38-34-25(4)39-49-26(34)5)11-13-30(29)48-24(3)9-7-8-14-45-33(22)19-40(6)18-27-10-12-31-32(15-27)47-21-46-31/h10-13,15-16,22-24,33,42H,7-9,14,17-21H2,1-6H3,(H2,37,38,44)/t22-,23-,24+,33-/m0/s1. The van der Waals surface area contributed by atoms with E-state index in [4.69, 9.17) is 23.5 Å². The second-order valence-electron chi connectivity index (χ2n) is 13.2. The fourth-order valence-corrected chi connectivity index (χ4v) is 6.12. The fourth-order valence-electron chi connectivity index (χ4n) is 6.12. The number of hydrogen-bond acceptors (Lipinski definition) is 10. The first-order valence-electron chi connectivity index (χ1n) is 16.9. The van der Waals surface area contributed by atoms with Crippen LogP contribution < -0.4 is 24.8 Å². The van der Waals surface area contributed by atoms with E-state index in [1.807, 2.05) is 32.0 Å². The number of aromatic nitrogens is 1. The number of urea groups is 1. The molecule has 0 saturated heterocycles. The first kappa shape index (κ1) is 36.0. The highest BCUT2D eigenvalue weighted by Gasteiger charge is 2.30. The molecular formula is C36H49N5O8. The molecule has 0 aliphatic carbocycles. The Labute approximate surface area is 287 Å². The summed E-state index contributed by atoms with van der Waals surface area (Å²) in [7, 11) is 2.05. The van der Waals surface area contributed by atoms with Gasteiger partial charge in [-0.1, -0.05) is 18.1 Å². The quantitative estimate of drug-likeness (QED) is 0.275. The predicted molar refractivity (Wildman–Crippen MR) is 184 cm³/mol. The molecule has 0 spiro atoms. The Balaban J connectivity index is 1.37. The fraction of sp³-hybridized carbons (Fsp3) is 0.528. The number of carbonyl (C=O) groups excluding carboxylic acids is 2. The maximum absolute atomic E-state index is 14.4. The van der Waals surface area contributed by atoms with Crippen LogP contribution in [0.3, 0.4) is 0 Å². The van der Waals surface area contributed by atoms with E-state index >= 15 is 0 Å². The molecule has 1 aromatic heterocycles. The van der Waals surface area contributed by atoms with E-state index in [-0.39, 0.29) is 37.4 Å². The number of aliphatic hydroxyl groups is 1. The summed E-state index contributed by atoms with van der Waals surface area (Å²) in [6.07, 6.45) is 2.19. The maximum atomic E-state index is 14.4. The highest BCUT2D eigenvalue weighted by Crippen LogP contribution is 2.33. The molecule has 5 rings (SSSR count). The molecule has 3 N–H and O–H groups in total. The summed E-state index contributed by atoms with van der Waals surface area (Å²) < 4.78 is 29.0. The van der Waals surface area contributed by atoms with Crippen molar-refractivity contribution in [2.24, 2.45) is 5.92 Å². The molecule has 2 aromatic carbocycles. The number of nitrogens with one attached hydrogen (secondary N) is 2. The van der Waals surface area contributed by atoms with Gasteiger partial charge in [0.15, 0.2) is 17.3 Å². The summed E-state index contributed by atoms with van der Waals surface area (Å²) in [6.45, 7) is 11.6. The molecule has 0 unspecified atom stereocenters. The van der Waals surface area contributed by atoms with Gasteiger partial charge in [0.25, 0.3) is 5.91 Å². The zero-order valence-corrected chi connectivity index (χ0v) is 29.3. The van der Waals surface area contributed by atoms with Gasteiger partial charge >= 0.3 is 6.03 Å². The molecule has 2 aliphatic heterocycles. The average Bonchev–Trinajstić information content (AvgIpc) is 3.67. The van der Waals surface area contributed by atoms with Crippen LogP contribution in [0.1, 0.15) is 67.4 Å². The van der Waals surface area contributed by atoms with Crippen LogP contribution in [0, 0.1) is 19.8 Å². The third kappa shape index (κ3) is 9.22. The molecule has 4 atom stereocenters. The van der Waals surface area contributed by atoms with Crippen molar-refractivity contribution >= 4 is 23.3 Å². The van der Waals surface area contributed by atoms with Gasteiger partial charge in [-0.3, -0.25) is 9.69 Å². The largest absolute Gasteiger partial charge is 0.490 e. The molecule has 0 bridgehead atoms. The van der Waals surface area contributed by atoms with Crippen LogP contribution >= 0.6 is 0 Å². The van der Waals surface area contributed by atoms with Crippen LogP contribution in [0.2, 0.25) is 0 Å². The lowest BCUT2D eigenvalue weighted by molar-refractivity contribution is -0.0177.